The third-order valence-electron chi connectivity index (χ3n) is 19.5. The van der Waals surface area contributed by atoms with Crippen molar-refractivity contribution in [1.29, 1.82) is 0 Å². The van der Waals surface area contributed by atoms with Crippen LogP contribution in [0.4, 0.5) is 28.4 Å². The van der Waals surface area contributed by atoms with E-state index in [2.05, 4.69) is 259 Å². The van der Waals surface area contributed by atoms with Gasteiger partial charge in [0.25, 0.3) is 6.71 Å². The molecule has 13 rings (SSSR count). The maximum Gasteiger partial charge on any atom is 0.252 e. The summed E-state index contributed by atoms with van der Waals surface area (Å²) in [5.74, 6) is 0. The molecule has 2 atom stereocenters. The highest BCUT2D eigenvalue weighted by atomic mass is 15.3. The van der Waals surface area contributed by atoms with Gasteiger partial charge in [-0.3, -0.25) is 0 Å². The highest BCUT2D eigenvalue weighted by Gasteiger charge is 2.58. The predicted octanol–water partition coefficient (Wildman–Crippen LogP) is 17.1. The molecule has 380 valence electrons. The van der Waals surface area contributed by atoms with E-state index in [0.29, 0.717) is 0 Å². The summed E-state index contributed by atoms with van der Waals surface area (Å²) in [6, 6.07) is 53.5. The average molecular weight is 984 g/mol. The molecule has 4 heteroatoms. The molecule has 4 heterocycles. The van der Waals surface area contributed by atoms with Crippen molar-refractivity contribution in [2.75, 3.05) is 9.80 Å². The Balaban J connectivity index is 1.18. The maximum atomic E-state index is 2.81. The van der Waals surface area contributed by atoms with Crippen molar-refractivity contribution in [3.63, 3.8) is 0 Å². The number of benzene rings is 7. The van der Waals surface area contributed by atoms with Gasteiger partial charge in [-0.15, -0.1) is 0 Å². The van der Waals surface area contributed by atoms with E-state index in [9.17, 15) is 0 Å². The van der Waals surface area contributed by atoms with Gasteiger partial charge in [-0.25, -0.2) is 0 Å². The highest BCUT2D eigenvalue weighted by molar-refractivity contribution is 7.00. The van der Waals surface area contributed by atoms with Crippen LogP contribution in [-0.2, 0) is 32.5 Å². The Kier molecular flexibility index (Phi) is 9.97. The molecule has 0 N–H and O–H groups in total. The molecular weight excluding hydrogens is 906 g/mol. The van der Waals surface area contributed by atoms with E-state index in [1.807, 2.05) is 0 Å². The van der Waals surface area contributed by atoms with E-state index in [-0.39, 0.29) is 44.7 Å². The van der Waals surface area contributed by atoms with Crippen molar-refractivity contribution in [2.24, 2.45) is 0 Å². The molecule has 1 fully saturated rings. The molecule has 8 aromatic rings. The van der Waals surface area contributed by atoms with Crippen LogP contribution in [0.15, 0.2) is 133 Å². The first-order valence-corrected chi connectivity index (χ1v) is 28.3. The molecule has 75 heavy (non-hydrogen) atoms. The largest absolute Gasteiger partial charge is 0.334 e. The Labute approximate surface area is 449 Å². The van der Waals surface area contributed by atoms with E-state index in [1.54, 1.807) is 0 Å². The van der Waals surface area contributed by atoms with Crippen LogP contribution in [0, 0.1) is 0 Å². The fraction of sp³-hybridized carbons (Fsp3) is 0.380. The normalized spacial score (nSPS) is 20.2. The molecule has 3 aliphatic heterocycles. The van der Waals surface area contributed by atoms with Gasteiger partial charge in [0.15, 0.2) is 0 Å². The lowest BCUT2D eigenvalue weighted by atomic mass is 9.33. The molecule has 2 unspecified atom stereocenters. The van der Waals surface area contributed by atoms with Gasteiger partial charge in [-0.05, 0) is 151 Å². The van der Waals surface area contributed by atoms with Gasteiger partial charge in [0, 0.05) is 67.0 Å². The third-order valence-corrected chi connectivity index (χ3v) is 19.5. The Morgan fingerprint density at radius 1 is 0.467 bits per heavy atom. The Morgan fingerprint density at radius 2 is 1.08 bits per heavy atom. The summed E-state index contributed by atoms with van der Waals surface area (Å²) < 4.78 is 2.77. The lowest BCUT2D eigenvalue weighted by Gasteiger charge is -2.50. The summed E-state index contributed by atoms with van der Waals surface area (Å²) in [5, 5.41) is 1.39. The lowest BCUT2D eigenvalue weighted by molar-refractivity contribution is 0.195. The van der Waals surface area contributed by atoms with Crippen LogP contribution in [0.5, 0.6) is 0 Å². The summed E-state index contributed by atoms with van der Waals surface area (Å²) >= 11 is 0. The number of nitrogens with zero attached hydrogens (tertiary/aromatic N) is 3. The van der Waals surface area contributed by atoms with Gasteiger partial charge in [-0.1, -0.05) is 202 Å². The Hall–Kier alpha value is -6.26. The number of anilines is 5. The molecule has 0 amide bonds. The van der Waals surface area contributed by atoms with Crippen molar-refractivity contribution in [2.45, 2.75) is 174 Å². The van der Waals surface area contributed by atoms with Crippen molar-refractivity contribution < 1.29 is 0 Å². The molecule has 1 saturated carbocycles. The van der Waals surface area contributed by atoms with Crippen LogP contribution >= 0.6 is 0 Å². The molecule has 5 aliphatic rings. The first kappa shape index (κ1) is 48.4. The second-order valence-corrected chi connectivity index (χ2v) is 28.6. The zero-order valence-electron chi connectivity index (χ0n) is 47.9. The number of aromatic nitrogens is 1. The summed E-state index contributed by atoms with van der Waals surface area (Å²) in [7, 11) is 0. The third kappa shape index (κ3) is 6.66. The molecule has 0 saturated heterocycles. The summed E-state index contributed by atoms with van der Waals surface area (Å²) in [4.78, 5) is 5.55. The minimum absolute atomic E-state index is 0.000217. The van der Waals surface area contributed by atoms with E-state index in [4.69, 9.17) is 0 Å². The molecule has 2 aliphatic carbocycles. The van der Waals surface area contributed by atoms with Crippen molar-refractivity contribution in [3.05, 3.63) is 173 Å². The van der Waals surface area contributed by atoms with Crippen LogP contribution in [-0.4, -0.2) is 16.8 Å². The summed E-state index contributed by atoms with van der Waals surface area (Å²) in [6.07, 6.45) is 4.84. The van der Waals surface area contributed by atoms with Crippen LogP contribution in [0.1, 0.15) is 176 Å². The van der Waals surface area contributed by atoms with Crippen molar-refractivity contribution in [3.8, 4) is 27.9 Å². The maximum absolute atomic E-state index is 2.81. The van der Waals surface area contributed by atoms with E-state index in [1.165, 1.54) is 142 Å². The molecular formula is C71H78BN3. The van der Waals surface area contributed by atoms with Gasteiger partial charge >= 0.3 is 0 Å². The van der Waals surface area contributed by atoms with Gasteiger partial charge in [-0.2, -0.15) is 0 Å². The molecule has 0 bridgehead atoms. The fourth-order valence-electron chi connectivity index (χ4n) is 14.9. The van der Waals surface area contributed by atoms with Crippen LogP contribution < -0.4 is 26.2 Å². The SMILES string of the molecule is CC(C)(C)c1ccc(N2c3cc(N4c5ccc(C(C)(C)C)cc5C5(C)CCCCC45C)ccc3B3c4c2cc(C(C)(C)C)cc4-n2c4c(c5cc(C(C)(C)C)cc3c52)-c2ccccc2C4(C)C)c(-c2ccccc2)c1. The molecule has 0 radical (unpaired) electrons. The standard InChI is InChI=1S/C71H78BN3/c1-65(2,3)44-28-32-56(50(36-44)43-24-18-17-19-25-43)73-58-42-48(75-57-33-29-45(66(4,5)6)38-53(57)70(15)34-22-23-35-71(70,75)16)30-31-54(58)72-55-39-46(67(7,8)9)37-51-61-49-26-20-21-27-52(49)69(13,14)64(61)74(63(51)55)60-41-47(68(10,11)12)40-59(73)62(60)72/h17-21,24-33,36-42H,22-23,34-35H2,1-16H3. The summed E-state index contributed by atoms with van der Waals surface area (Å²) in [5.41, 5.74) is 27.9. The fourth-order valence-corrected chi connectivity index (χ4v) is 14.9. The monoisotopic (exact) mass is 984 g/mol. The number of hydrogen-bond donors (Lipinski definition) is 0. The second-order valence-electron chi connectivity index (χ2n) is 28.6. The number of hydrogen-bond acceptors (Lipinski definition) is 2. The van der Waals surface area contributed by atoms with E-state index in [0.717, 1.165) is 6.42 Å². The Morgan fingerprint density at radius 3 is 1.77 bits per heavy atom. The smallest absolute Gasteiger partial charge is 0.252 e. The first-order valence-electron chi connectivity index (χ1n) is 28.3. The number of rotatable bonds is 3. The molecule has 0 spiro atoms. The van der Waals surface area contributed by atoms with Gasteiger partial charge in [0.2, 0.25) is 0 Å². The van der Waals surface area contributed by atoms with Crippen LogP contribution in [0.25, 0.3) is 38.8 Å². The summed E-state index contributed by atoms with van der Waals surface area (Å²) in [6.45, 7) is 38.7. The van der Waals surface area contributed by atoms with E-state index >= 15 is 0 Å². The van der Waals surface area contributed by atoms with Crippen LogP contribution in [0.2, 0.25) is 0 Å². The van der Waals surface area contributed by atoms with Gasteiger partial charge in [0.1, 0.15) is 0 Å². The average Bonchev–Trinajstić information content (AvgIpc) is 3.90. The topological polar surface area (TPSA) is 11.4 Å². The minimum Gasteiger partial charge on any atom is -0.334 e. The first-order chi connectivity index (χ1) is 35.2. The van der Waals surface area contributed by atoms with Crippen molar-refractivity contribution >= 4 is 62.4 Å². The van der Waals surface area contributed by atoms with Crippen molar-refractivity contribution in [1.82, 2.24) is 4.57 Å². The molecule has 3 nitrogen and oxygen atoms in total. The quantitative estimate of drug-likeness (QED) is 0.163. The zero-order chi connectivity index (χ0) is 52.9. The second kappa shape index (κ2) is 15.5. The lowest BCUT2D eigenvalue weighted by Crippen LogP contribution is -2.61. The number of fused-ring (bicyclic) bond motifs is 12. The van der Waals surface area contributed by atoms with Gasteiger partial charge < -0.3 is 14.4 Å². The predicted molar refractivity (Wildman–Crippen MR) is 323 cm³/mol. The zero-order valence-corrected chi connectivity index (χ0v) is 47.9. The highest BCUT2D eigenvalue weighted by Crippen LogP contribution is 2.62. The van der Waals surface area contributed by atoms with Crippen LogP contribution in [0.3, 0.4) is 0 Å². The van der Waals surface area contributed by atoms with E-state index < -0.39 is 0 Å². The molecule has 7 aromatic carbocycles. The van der Waals surface area contributed by atoms with Gasteiger partial charge in [0.05, 0.1) is 11.2 Å². The molecule has 1 aromatic heterocycles. The Bertz CT molecular complexity index is 3730. The minimum atomic E-state index is -0.227.